The molecule has 2 N–H and O–H groups in total. The maximum Gasteiger partial charge on any atom is 0.308 e. The zero-order chi connectivity index (χ0) is 15.4. The molecule has 1 rings (SSSR count). The largest absolute Gasteiger partial charge is 0.469 e. The van der Waals surface area contributed by atoms with Crippen molar-refractivity contribution in [1.29, 1.82) is 0 Å². The number of halogens is 2. The monoisotopic (exact) mass is 307 g/mol. The van der Waals surface area contributed by atoms with Crippen molar-refractivity contribution in [3.8, 4) is 0 Å². The average Bonchev–Trinajstić information content (AvgIpc) is 2.39. The number of carbonyl (C=O) groups excluding carboxylic acids is 1. The average molecular weight is 308 g/mol. The maximum absolute atomic E-state index is 13.4. The van der Waals surface area contributed by atoms with E-state index in [4.69, 9.17) is 11.6 Å². The lowest BCUT2D eigenvalue weighted by molar-refractivity contribution is -0.387. The van der Waals surface area contributed by atoms with Gasteiger partial charge in [-0.05, 0) is 6.07 Å². The third-order valence-electron chi connectivity index (χ3n) is 2.55. The van der Waals surface area contributed by atoms with Crippen LogP contribution in [0.1, 0.15) is 18.1 Å². The van der Waals surface area contributed by atoms with Gasteiger partial charge in [0.15, 0.2) is 0 Å². The highest BCUT2D eigenvalue weighted by atomic mass is 35.5. The fourth-order valence-corrected chi connectivity index (χ4v) is 1.76. The highest BCUT2D eigenvalue weighted by Crippen LogP contribution is 2.32. The summed E-state index contributed by atoms with van der Waals surface area (Å²) in [4.78, 5) is 20.5. The summed E-state index contributed by atoms with van der Waals surface area (Å²) in [5.74, 6) is -1.99. The smallest absolute Gasteiger partial charge is 0.308 e. The van der Waals surface area contributed by atoms with Gasteiger partial charge in [-0.15, -0.1) is 0 Å². The standard InChI is InChI=1S/C11H11ClFNO6/c1-20-10(16)4-9(15)11(17)5-2-7(13)8(14(18)19)3-6(5)12/h2-3,9,11,15,17H,4H2,1H3. The van der Waals surface area contributed by atoms with Crippen LogP contribution in [0.15, 0.2) is 12.1 Å². The Morgan fingerprint density at radius 1 is 1.55 bits per heavy atom. The molecule has 2 unspecified atom stereocenters. The molecule has 0 aliphatic carbocycles. The summed E-state index contributed by atoms with van der Waals surface area (Å²) in [5.41, 5.74) is -1.11. The molecular weight excluding hydrogens is 297 g/mol. The lowest BCUT2D eigenvalue weighted by Gasteiger charge is -2.18. The van der Waals surface area contributed by atoms with Crippen LogP contribution in [0.25, 0.3) is 0 Å². The van der Waals surface area contributed by atoms with Crippen molar-refractivity contribution in [3.63, 3.8) is 0 Å². The molecule has 0 saturated heterocycles. The predicted octanol–water partition coefficient (Wildman–Crippen LogP) is 1.34. The number of aliphatic hydroxyl groups excluding tert-OH is 2. The van der Waals surface area contributed by atoms with Crippen molar-refractivity contribution in [3.05, 3.63) is 38.7 Å². The molecule has 0 bridgehead atoms. The van der Waals surface area contributed by atoms with Crippen molar-refractivity contribution < 1.29 is 29.1 Å². The number of nitro groups is 1. The second-order valence-electron chi connectivity index (χ2n) is 3.87. The van der Waals surface area contributed by atoms with E-state index >= 15 is 0 Å². The number of nitrogens with zero attached hydrogens (tertiary/aromatic N) is 1. The van der Waals surface area contributed by atoms with Crippen LogP contribution in [-0.4, -0.2) is 34.3 Å². The predicted molar refractivity (Wildman–Crippen MR) is 65.7 cm³/mol. The minimum atomic E-state index is -1.68. The third kappa shape index (κ3) is 3.62. The Morgan fingerprint density at radius 3 is 2.65 bits per heavy atom. The Hall–Kier alpha value is -1.77. The number of hydrogen-bond donors (Lipinski definition) is 2. The number of ether oxygens (including phenoxy) is 1. The third-order valence-corrected chi connectivity index (χ3v) is 2.88. The van der Waals surface area contributed by atoms with Crippen molar-refractivity contribution >= 4 is 23.3 Å². The van der Waals surface area contributed by atoms with E-state index < -0.39 is 41.0 Å². The maximum atomic E-state index is 13.4. The van der Waals surface area contributed by atoms with E-state index in [1.54, 1.807) is 0 Å². The summed E-state index contributed by atoms with van der Waals surface area (Å²) < 4.78 is 17.8. The van der Waals surface area contributed by atoms with Gasteiger partial charge in [0, 0.05) is 11.6 Å². The summed E-state index contributed by atoms with van der Waals surface area (Å²) in [6.45, 7) is 0. The molecule has 0 amide bonds. The molecule has 0 radical (unpaired) electrons. The van der Waals surface area contributed by atoms with Gasteiger partial charge in [0.05, 0.1) is 29.6 Å². The quantitative estimate of drug-likeness (QED) is 0.482. The van der Waals surface area contributed by atoms with Gasteiger partial charge in [-0.3, -0.25) is 14.9 Å². The lowest BCUT2D eigenvalue weighted by atomic mass is 10.0. The fraction of sp³-hybridized carbons (Fsp3) is 0.364. The second-order valence-corrected chi connectivity index (χ2v) is 4.28. The minimum absolute atomic E-state index is 0.258. The zero-order valence-electron chi connectivity index (χ0n) is 10.2. The van der Waals surface area contributed by atoms with Gasteiger partial charge < -0.3 is 14.9 Å². The molecule has 0 saturated carbocycles. The van der Waals surface area contributed by atoms with Crippen molar-refractivity contribution in [2.45, 2.75) is 18.6 Å². The molecule has 7 nitrogen and oxygen atoms in total. The molecule has 0 aromatic heterocycles. The minimum Gasteiger partial charge on any atom is -0.469 e. The Kier molecular flexibility index (Phi) is 5.37. The van der Waals surface area contributed by atoms with Crippen LogP contribution >= 0.6 is 11.6 Å². The van der Waals surface area contributed by atoms with E-state index in [0.29, 0.717) is 6.07 Å². The topological polar surface area (TPSA) is 110 Å². The Bertz CT molecular complexity index is 538. The Labute approximate surface area is 117 Å². The first-order valence-electron chi connectivity index (χ1n) is 5.34. The molecule has 0 aliphatic rings. The van der Waals surface area contributed by atoms with Crippen LogP contribution in [0.2, 0.25) is 5.02 Å². The van der Waals surface area contributed by atoms with Crippen LogP contribution in [0.3, 0.4) is 0 Å². The number of methoxy groups -OCH3 is 1. The molecule has 0 spiro atoms. The fourth-order valence-electron chi connectivity index (χ4n) is 1.49. The molecule has 0 fully saturated rings. The van der Waals surface area contributed by atoms with Crippen LogP contribution in [0, 0.1) is 15.9 Å². The normalized spacial score (nSPS) is 13.7. The summed E-state index contributed by atoms with van der Waals surface area (Å²) >= 11 is 5.70. The van der Waals surface area contributed by atoms with Crippen LogP contribution < -0.4 is 0 Å². The van der Waals surface area contributed by atoms with E-state index in [2.05, 4.69) is 4.74 Å². The first-order chi connectivity index (χ1) is 9.27. The van der Waals surface area contributed by atoms with E-state index in [-0.39, 0.29) is 10.6 Å². The molecule has 0 aliphatic heterocycles. The summed E-state index contributed by atoms with van der Waals surface area (Å²) in [7, 11) is 1.10. The van der Waals surface area contributed by atoms with Gasteiger partial charge in [-0.1, -0.05) is 11.6 Å². The van der Waals surface area contributed by atoms with Gasteiger partial charge in [0.1, 0.15) is 6.10 Å². The van der Waals surface area contributed by atoms with Gasteiger partial charge in [0.2, 0.25) is 5.82 Å². The lowest BCUT2D eigenvalue weighted by Crippen LogP contribution is -2.23. The highest BCUT2D eigenvalue weighted by Gasteiger charge is 2.27. The van der Waals surface area contributed by atoms with Crippen molar-refractivity contribution in [2.75, 3.05) is 7.11 Å². The number of benzene rings is 1. The van der Waals surface area contributed by atoms with Gasteiger partial charge >= 0.3 is 11.7 Å². The molecule has 2 atom stereocenters. The van der Waals surface area contributed by atoms with Gasteiger partial charge in [-0.25, -0.2) is 0 Å². The van der Waals surface area contributed by atoms with E-state index in [1.807, 2.05) is 0 Å². The van der Waals surface area contributed by atoms with E-state index in [0.717, 1.165) is 13.2 Å². The second kappa shape index (κ2) is 6.60. The Balaban J connectivity index is 3.04. The first-order valence-corrected chi connectivity index (χ1v) is 5.72. The zero-order valence-corrected chi connectivity index (χ0v) is 11.0. The molecule has 1 aromatic rings. The SMILES string of the molecule is COC(=O)CC(O)C(O)c1cc(F)c([N+](=O)[O-])cc1Cl. The molecule has 9 heteroatoms. The highest BCUT2D eigenvalue weighted by molar-refractivity contribution is 6.31. The number of esters is 1. The molecular formula is C11H11ClFNO6. The van der Waals surface area contributed by atoms with Crippen LogP contribution in [0.4, 0.5) is 10.1 Å². The molecule has 1 aromatic carbocycles. The number of rotatable bonds is 5. The van der Waals surface area contributed by atoms with Crippen LogP contribution in [-0.2, 0) is 9.53 Å². The molecule has 20 heavy (non-hydrogen) atoms. The molecule has 110 valence electrons. The number of nitro benzene ring substituents is 1. The molecule has 0 heterocycles. The van der Waals surface area contributed by atoms with E-state index in [9.17, 15) is 29.5 Å². The number of carbonyl (C=O) groups is 1. The summed E-state index contributed by atoms with van der Waals surface area (Å²) in [5, 5.41) is 29.6. The number of aliphatic hydroxyl groups is 2. The van der Waals surface area contributed by atoms with Crippen molar-refractivity contribution in [2.24, 2.45) is 0 Å². The summed E-state index contributed by atoms with van der Waals surface area (Å²) in [6, 6.07) is 1.37. The van der Waals surface area contributed by atoms with E-state index in [1.165, 1.54) is 0 Å². The Morgan fingerprint density at radius 2 is 2.15 bits per heavy atom. The van der Waals surface area contributed by atoms with Crippen LogP contribution in [0.5, 0.6) is 0 Å². The van der Waals surface area contributed by atoms with Crippen molar-refractivity contribution in [1.82, 2.24) is 0 Å². The summed E-state index contributed by atoms with van der Waals surface area (Å²) in [6.07, 6.45) is -3.80. The number of hydrogen-bond acceptors (Lipinski definition) is 6. The van der Waals surface area contributed by atoms with Gasteiger partial charge in [-0.2, -0.15) is 4.39 Å². The van der Waals surface area contributed by atoms with Gasteiger partial charge in [0.25, 0.3) is 0 Å². The first kappa shape index (κ1) is 16.3.